The van der Waals surface area contributed by atoms with Crippen LogP contribution in [0, 0.1) is 0 Å². The van der Waals surface area contributed by atoms with Gasteiger partial charge in [-0.15, -0.1) is 11.8 Å². The molecule has 0 bridgehead atoms. The Morgan fingerprint density at radius 2 is 2.12 bits per heavy atom. The molecule has 0 aromatic heterocycles. The fraction of sp³-hybridized carbons (Fsp3) is 0.200. The van der Waals surface area contributed by atoms with Gasteiger partial charge in [-0.05, 0) is 18.2 Å². The third-order valence-corrected chi connectivity index (χ3v) is 3.40. The van der Waals surface area contributed by atoms with E-state index in [1.807, 2.05) is 0 Å². The van der Waals surface area contributed by atoms with Crippen LogP contribution < -0.4 is 5.32 Å². The van der Waals surface area contributed by atoms with Crippen LogP contribution in [0.5, 0.6) is 0 Å². The van der Waals surface area contributed by atoms with Gasteiger partial charge in [0.25, 0.3) is 0 Å². The molecule has 1 amide bonds. The molecule has 0 aliphatic heterocycles. The van der Waals surface area contributed by atoms with E-state index in [0.29, 0.717) is 10.7 Å². The number of rotatable bonds is 5. The van der Waals surface area contributed by atoms with Crippen LogP contribution in [0.3, 0.4) is 0 Å². The number of carboxylic acid groups (broad SMARTS) is 1. The van der Waals surface area contributed by atoms with Crippen molar-refractivity contribution in [3.8, 4) is 0 Å². The molecule has 2 N–H and O–H groups in total. The van der Waals surface area contributed by atoms with Gasteiger partial charge in [0.2, 0.25) is 5.91 Å². The van der Waals surface area contributed by atoms with Crippen molar-refractivity contribution in [2.45, 2.75) is 0 Å². The summed E-state index contributed by atoms with van der Waals surface area (Å²) in [6.45, 7) is 0. The van der Waals surface area contributed by atoms with Crippen molar-refractivity contribution < 1.29 is 14.7 Å². The molecule has 0 fully saturated rings. The predicted octanol–water partition coefficient (Wildman–Crippen LogP) is 2.86. The summed E-state index contributed by atoms with van der Waals surface area (Å²) in [5.74, 6) is -1.24. The van der Waals surface area contributed by atoms with Crippen LogP contribution in [-0.2, 0) is 9.59 Å². The maximum atomic E-state index is 11.5. The molecule has 0 heterocycles. The third kappa shape index (κ3) is 5.43. The van der Waals surface area contributed by atoms with Crippen LogP contribution in [0.25, 0.3) is 0 Å². The highest BCUT2D eigenvalue weighted by Gasteiger charge is 2.07. The van der Waals surface area contributed by atoms with E-state index in [9.17, 15) is 9.59 Å². The van der Waals surface area contributed by atoms with E-state index in [-0.39, 0.29) is 17.4 Å². The van der Waals surface area contributed by atoms with Crippen LogP contribution in [0.1, 0.15) is 0 Å². The molecule has 1 aromatic rings. The Morgan fingerprint density at radius 3 is 2.76 bits per heavy atom. The average Bonchev–Trinajstić information content (AvgIpc) is 2.23. The summed E-state index contributed by atoms with van der Waals surface area (Å²) in [5, 5.41) is 11.5. The molecule has 17 heavy (non-hydrogen) atoms. The lowest BCUT2D eigenvalue weighted by Crippen LogP contribution is -2.15. The number of carboxylic acids is 1. The van der Waals surface area contributed by atoms with Gasteiger partial charge >= 0.3 is 5.97 Å². The number of aliphatic carboxylic acids is 1. The van der Waals surface area contributed by atoms with Crippen molar-refractivity contribution in [3.05, 3.63) is 27.7 Å². The molecule has 0 spiro atoms. The zero-order valence-corrected chi connectivity index (χ0v) is 11.7. The van der Waals surface area contributed by atoms with Gasteiger partial charge in [-0.1, -0.05) is 27.5 Å². The van der Waals surface area contributed by atoms with Crippen molar-refractivity contribution in [2.24, 2.45) is 0 Å². The van der Waals surface area contributed by atoms with Gasteiger partial charge in [0, 0.05) is 4.47 Å². The maximum absolute atomic E-state index is 11.5. The van der Waals surface area contributed by atoms with Crippen LogP contribution in [0.4, 0.5) is 5.69 Å². The lowest BCUT2D eigenvalue weighted by Gasteiger charge is -2.07. The summed E-state index contributed by atoms with van der Waals surface area (Å²) in [6.07, 6.45) is 0. The first-order valence-corrected chi connectivity index (χ1v) is 6.86. The Labute approximate surface area is 116 Å². The summed E-state index contributed by atoms with van der Waals surface area (Å²) in [7, 11) is 0. The average molecular weight is 339 g/mol. The number of hydrogen-bond donors (Lipinski definition) is 2. The molecular weight excluding hydrogens is 330 g/mol. The summed E-state index contributed by atoms with van der Waals surface area (Å²) in [4.78, 5) is 21.7. The fourth-order valence-electron chi connectivity index (χ4n) is 1.01. The standard InChI is InChI=1S/C10H9BrClNO3S/c11-6-1-2-7(12)8(3-6)13-9(14)4-17-5-10(15)16/h1-3H,4-5H2,(H,13,14)(H,15,16). The highest BCUT2D eigenvalue weighted by Crippen LogP contribution is 2.25. The van der Waals surface area contributed by atoms with Crippen LogP contribution in [-0.4, -0.2) is 28.5 Å². The van der Waals surface area contributed by atoms with Crippen LogP contribution in [0.2, 0.25) is 5.02 Å². The minimum atomic E-state index is -0.941. The number of benzene rings is 1. The largest absolute Gasteiger partial charge is 0.481 e. The number of carbonyl (C=O) groups is 2. The van der Waals surface area contributed by atoms with E-state index in [1.165, 1.54) is 0 Å². The zero-order valence-electron chi connectivity index (χ0n) is 8.57. The van der Waals surface area contributed by atoms with E-state index in [1.54, 1.807) is 18.2 Å². The second kappa shape index (κ2) is 6.88. The molecule has 0 saturated heterocycles. The van der Waals surface area contributed by atoms with Crippen molar-refractivity contribution in [1.82, 2.24) is 0 Å². The molecule has 1 aromatic carbocycles. The Balaban J connectivity index is 2.50. The van der Waals surface area contributed by atoms with Crippen molar-refractivity contribution in [1.29, 1.82) is 0 Å². The smallest absolute Gasteiger partial charge is 0.313 e. The molecule has 0 radical (unpaired) electrons. The highest BCUT2D eigenvalue weighted by atomic mass is 79.9. The number of thioether (sulfide) groups is 1. The molecule has 0 unspecified atom stereocenters. The number of anilines is 1. The van der Waals surface area contributed by atoms with E-state index in [4.69, 9.17) is 16.7 Å². The van der Waals surface area contributed by atoms with E-state index >= 15 is 0 Å². The lowest BCUT2D eigenvalue weighted by atomic mass is 10.3. The van der Waals surface area contributed by atoms with Gasteiger partial charge in [0.05, 0.1) is 22.2 Å². The van der Waals surface area contributed by atoms with Gasteiger partial charge in [-0.3, -0.25) is 9.59 Å². The molecular formula is C10H9BrClNO3S. The first-order valence-electron chi connectivity index (χ1n) is 4.53. The molecule has 0 atom stereocenters. The summed E-state index contributed by atoms with van der Waals surface area (Å²) < 4.78 is 0.801. The van der Waals surface area contributed by atoms with E-state index in [0.717, 1.165) is 16.2 Å². The summed E-state index contributed by atoms with van der Waals surface area (Å²) in [5.41, 5.74) is 0.502. The van der Waals surface area contributed by atoms with Crippen LogP contribution >= 0.6 is 39.3 Å². The van der Waals surface area contributed by atoms with Gasteiger partial charge in [-0.25, -0.2) is 0 Å². The number of amides is 1. The van der Waals surface area contributed by atoms with Gasteiger partial charge in [0.15, 0.2) is 0 Å². The molecule has 7 heteroatoms. The van der Waals surface area contributed by atoms with Gasteiger partial charge in [0.1, 0.15) is 0 Å². The SMILES string of the molecule is O=C(O)CSCC(=O)Nc1cc(Br)ccc1Cl. The molecule has 92 valence electrons. The Morgan fingerprint density at radius 1 is 1.41 bits per heavy atom. The van der Waals surface area contributed by atoms with Gasteiger partial charge in [-0.2, -0.15) is 0 Å². The number of halogens is 2. The predicted molar refractivity (Wildman–Crippen MR) is 72.7 cm³/mol. The topological polar surface area (TPSA) is 66.4 Å². The monoisotopic (exact) mass is 337 g/mol. The van der Waals surface area contributed by atoms with Crippen molar-refractivity contribution >= 4 is 56.9 Å². The number of nitrogens with one attached hydrogen (secondary N) is 1. The normalized spacial score (nSPS) is 10.0. The highest BCUT2D eigenvalue weighted by molar-refractivity contribution is 9.10. The minimum absolute atomic E-state index is 0.0785. The molecule has 1 rings (SSSR count). The Hall–Kier alpha value is -0.720. The van der Waals surface area contributed by atoms with Crippen molar-refractivity contribution in [2.75, 3.05) is 16.8 Å². The van der Waals surface area contributed by atoms with Crippen molar-refractivity contribution in [3.63, 3.8) is 0 Å². The minimum Gasteiger partial charge on any atom is -0.481 e. The summed E-state index contributed by atoms with van der Waals surface area (Å²) >= 11 is 10.2. The van der Waals surface area contributed by atoms with E-state index in [2.05, 4.69) is 21.2 Å². The fourth-order valence-corrected chi connectivity index (χ4v) is 2.07. The first kappa shape index (κ1) is 14.3. The summed E-state index contributed by atoms with van der Waals surface area (Å²) in [6, 6.07) is 5.10. The maximum Gasteiger partial charge on any atom is 0.313 e. The zero-order chi connectivity index (χ0) is 12.8. The lowest BCUT2D eigenvalue weighted by molar-refractivity contribution is -0.133. The molecule has 0 aliphatic rings. The quantitative estimate of drug-likeness (QED) is 0.866. The first-order chi connectivity index (χ1) is 7.99. The van der Waals surface area contributed by atoms with E-state index < -0.39 is 5.97 Å². The van der Waals surface area contributed by atoms with Crippen LogP contribution in [0.15, 0.2) is 22.7 Å². The Kier molecular flexibility index (Phi) is 5.80. The second-order valence-electron chi connectivity index (χ2n) is 3.06. The van der Waals surface area contributed by atoms with Gasteiger partial charge < -0.3 is 10.4 Å². The molecule has 0 saturated carbocycles. The molecule has 4 nitrogen and oxygen atoms in total. The second-order valence-corrected chi connectivity index (χ2v) is 5.37. The third-order valence-electron chi connectivity index (χ3n) is 1.66. The molecule has 0 aliphatic carbocycles. The number of carbonyl (C=O) groups excluding carboxylic acids is 1. The Bertz CT molecular complexity index is 442. The number of hydrogen-bond acceptors (Lipinski definition) is 3.